The van der Waals surface area contributed by atoms with Crippen LogP contribution >= 0.6 is 7.60 Å². The van der Waals surface area contributed by atoms with Gasteiger partial charge in [-0.2, -0.15) is 0 Å². The summed E-state index contributed by atoms with van der Waals surface area (Å²) in [5.41, 5.74) is 0. The van der Waals surface area contributed by atoms with E-state index in [4.69, 9.17) is 18.9 Å². The van der Waals surface area contributed by atoms with Crippen molar-refractivity contribution in [1.29, 1.82) is 0 Å². The maximum atomic E-state index is 11.3. The molecule has 0 unspecified atom stereocenters. The van der Waals surface area contributed by atoms with Gasteiger partial charge in [-0.1, -0.05) is 0 Å². The number of hydrogen-bond donors (Lipinski definition) is 2. The zero-order valence-corrected chi connectivity index (χ0v) is 12.3. The number of hydrogen-bond acceptors (Lipinski definition) is 5. The first-order valence-electron chi connectivity index (χ1n) is 5.92. The SMILES string of the molecule is COCCOc1cc(OCCOC)cc(P(=O)(O)O)c1. The molecule has 0 aliphatic rings. The molecule has 0 aromatic heterocycles. The molecule has 7 nitrogen and oxygen atoms in total. The molecule has 0 radical (unpaired) electrons. The van der Waals surface area contributed by atoms with E-state index >= 15 is 0 Å². The molecule has 1 aromatic carbocycles. The number of benzene rings is 1. The minimum absolute atomic E-state index is 0.153. The van der Waals surface area contributed by atoms with Crippen LogP contribution in [0.4, 0.5) is 0 Å². The zero-order valence-electron chi connectivity index (χ0n) is 11.4. The molecule has 0 saturated carbocycles. The maximum absolute atomic E-state index is 11.3. The molecule has 0 bridgehead atoms. The second-order valence-corrected chi connectivity index (χ2v) is 5.49. The Bertz CT molecular complexity index is 429. The molecule has 0 atom stereocenters. The van der Waals surface area contributed by atoms with E-state index in [1.54, 1.807) is 6.07 Å². The summed E-state index contributed by atoms with van der Waals surface area (Å²) >= 11 is 0. The van der Waals surface area contributed by atoms with E-state index in [1.807, 2.05) is 0 Å². The molecule has 20 heavy (non-hydrogen) atoms. The molecular weight excluding hydrogens is 287 g/mol. The van der Waals surface area contributed by atoms with E-state index in [9.17, 15) is 14.4 Å². The van der Waals surface area contributed by atoms with Crippen LogP contribution in [-0.4, -0.2) is 50.4 Å². The van der Waals surface area contributed by atoms with E-state index < -0.39 is 7.60 Å². The van der Waals surface area contributed by atoms with Gasteiger partial charge < -0.3 is 28.7 Å². The molecular formula is C12H19O7P. The van der Waals surface area contributed by atoms with Crippen LogP contribution in [-0.2, 0) is 14.0 Å². The Labute approximate surface area is 117 Å². The van der Waals surface area contributed by atoms with Crippen LogP contribution in [0.15, 0.2) is 18.2 Å². The minimum Gasteiger partial charge on any atom is -0.491 e. The van der Waals surface area contributed by atoms with Crippen LogP contribution in [0, 0.1) is 0 Å². The number of rotatable bonds is 9. The third kappa shape index (κ3) is 5.90. The normalized spacial score (nSPS) is 11.4. The average Bonchev–Trinajstić information content (AvgIpc) is 2.38. The van der Waals surface area contributed by atoms with E-state index in [0.29, 0.717) is 24.7 Å². The summed E-state index contributed by atoms with van der Waals surface area (Å²) in [4.78, 5) is 18.5. The topological polar surface area (TPSA) is 94.5 Å². The van der Waals surface area contributed by atoms with Crippen molar-refractivity contribution in [2.45, 2.75) is 0 Å². The molecule has 0 fully saturated rings. The van der Waals surface area contributed by atoms with E-state index in [0.717, 1.165) is 0 Å². The fourth-order valence-corrected chi connectivity index (χ4v) is 1.97. The van der Waals surface area contributed by atoms with Gasteiger partial charge >= 0.3 is 7.60 Å². The molecule has 0 aliphatic carbocycles. The number of ether oxygens (including phenoxy) is 4. The lowest BCUT2D eigenvalue weighted by Gasteiger charge is -2.12. The largest absolute Gasteiger partial charge is 0.491 e. The van der Waals surface area contributed by atoms with Gasteiger partial charge in [0.15, 0.2) is 0 Å². The Morgan fingerprint density at radius 2 is 1.35 bits per heavy atom. The molecule has 0 amide bonds. The molecule has 0 heterocycles. The highest BCUT2D eigenvalue weighted by atomic mass is 31.2. The minimum atomic E-state index is -4.37. The predicted octanol–water partition coefficient (Wildman–Crippen LogP) is 0.540. The smallest absolute Gasteiger partial charge is 0.356 e. The summed E-state index contributed by atoms with van der Waals surface area (Å²) in [5, 5.41) is -0.153. The van der Waals surface area contributed by atoms with Crippen molar-refractivity contribution in [2.75, 3.05) is 40.6 Å². The molecule has 114 valence electrons. The molecule has 8 heteroatoms. The van der Waals surface area contributed by atoms with Gasteiger partial charge in [0, 0.05) is 20.3 Å². The van der Waals surface area contributed by atoms with Crippen LogP contribution < -0.4 is 14.8 Å². The van der Waals surface area contributed by atoms with Crippen molar-refractivity contribution in [3.05, 3.63) is 18.2 Å². The average molecular weight is 306 g/mol. The fourth-order valence-electron chi connectivity index (χ4n) is 1.38. The van der Waals surface area contributed by atoms with Crippen molar-refractivity contribution >= 4 is 12.9 Å². The van der Waals surface area contributed by atoms with Gasteiger partial charge in [0.05, 0.1) is 18.5 Å². The highest BCUT2D eigenvalue weighted by molar-refractivity contribution is 7.60. The summed E-state index contributed by atoms with van der Waals surface area (Å²) in [7, 11) is -1.30. The highest BCUT2D eigenvalue weighted by Gasteiger charge is 2.19. The molecule has 0 aliphatic heterocycles. The van der Waals surface area contributed by atoms with Gasteiger partial charge in [-0.05, 0) is 12.1 Å². The van der Waals surface area contributed by atoms with Gasteiger partial charge in [-0.15, -0.1) is 0 Å². The first kappa shape index (κ1) is 16.9. The van der Waals surface area contributed by atoms with Gasteiger partial charge in [0.25, 0.3) is 0 Å². The Hall–Kier alpha value is -1.11. The van der Waals surface area contributed by atoms with Crippen molar-refractivity contribution < 1.29 is 33.3 Å². The van der Waals surface area contributed by atoms with E-state index in [1.165, 1.54) is 26.4 Å². The lowest BCUT2D eigenvalue weighted by atomic mass is 10.3. The molecule has 0 saturated heterocycles. The molecule has 2 N–H and O–H groups in total. The summed E-state index contributed by atoms with van der Waals surface area (Å²) in [5.74, 6) is 0.630. The predicted molar refractivity (Wildman–Crippen MR) is 72.9 cm³/mol. The van der Waals surface area contributed by atoms with Gasteiger partial charge in [-0.3, -0.25) is 4.57 Å². The Morgan fingerprint density at radius 3 is 1.70 bits per heavy atom. The summed E-state index contributed by atoms with van der Waals surface area (Å²) in [6.45, 7) is 1.30. The third-order valence-electron chi connectivity index (χ3n) is 2.31. The van der Waals surface area contributed by atoms with Crippen molar-refractivity contribution in [1.82, 2.24) is 0 Å². The lowest BCUT2D eigenvalue weighted by molar-refractivity contribution is 0.142. The third-order valence-corrected chi connectivity index (χ3v) is 3.24. The van der Waals surface area contributed by atoms with Crippen LogP contribution in [0.3, 0.4) is 0 Å². The summed E-state index contributed by atoms with van der Waals surface area (Å²) in [6.07, 6.45) is 0. The standard InChI is InChI=1S/C12H19O7P/c1-16-3-5-18-10-7-11(19-6-4-17-2)9-12(8-10)20(13,14)15/h7-9H,3-6H2,1-2H3,(H2,13,14,15). The lowest BCUT2D eigenvalue weighted by Crippen LogP contribution is -2.11. The van der Waals surface area contributed by atoms with E-state index in [-0.39, 0.29) is 18.5 Å². The van der Waals surface area contributed by atoms with Crippen LogP contribution in [0.1, 0.15) is 0 Å². The van der Waals surface area contributed by atoms with Gasteiger partial charge in [0.2, 0.25) is 0 Å². The summed E-state index contributed by atoms with van der Waals surface area (Å²) < 4.78 is 31.7. The van der Waals surface area contributed by atoms with E-state index in [2.05, 4.69) is 0 Å². The van der Waals surface area contributed by atoms with Crippen molar-refractivity contribution in [2.24, 2.45) is 0 Å². The van der Waals surface area contributed by atoms with Crippen LogP contribution in [0.2, 0.25) is 0 Å². The monoisotopic (exact) mass is 306 g/mol. The van der Waals surface area contributed by atoms with Crippen molar-refractivity contribution in [3.8, 4) is 11.5 Å². The quantitative estimate of drug-likeness (QED) is 0.508. The Morgan fingerprint density at radius 1 is 0.900 bits per heavy atom. The van der Waals surface area contributed by atoms with Gasteiger partial charge in [-0.25, -0.2) is 0 Å². The van der Waals surface area contributed by atoms with Crippen LogP contribution in [0.25, 0.3) is 0 Å². The number of methoxy groups -OCH3 is 2. The van der Waals surface area contributed by atoms with Crippen LogP contribution in [0.5, 0.6) is 11.5 Å². The molecule has 1 aromatic rings. The fraction of sp³-hybridized carbons (Fsp3) is 0.500. The molecule has 1 rings (SSSR count). The molecule has 0 spiro atoms. The second-order valence-electron chi connectivity index (χ2n) is 3.89. The Balaban J connectivity index is 2.87. The first-order valence-corrected chi connectivity index (χ1v) is 7.53. The Kier molecular flexibility index (Phi) is 6.98. The highest BCUT2D eigenvalue weighted by Crippen LogP contribution is 2.36. The van der Waals surface area contributed by atoms with Crippen molar-refractivity contribution in [3.63, 3.8) is 0 Å². The maximum Gasteiger partial charge on any atom is 0.356 e. The first-order chi connectivity index (χ1) is 9.47. The van der Waals surface area contributed by atoms with Gasteiger partial charge in [0.1, 0.15) is 24.7 Å². The zero-order chi connectivity index (χ0) is 15.0. The second kappa shape index (κ2) is 8.24. The summed E-state index contributed by atoms with van der Waals surface area (Å²) in [6, 6.07) is 4.14.